The van der Waals surface area contributed by atoms with Gasteiger partial charge in [-0.15, -0.1) is 11.3 Å². The van der Waals surface area contributed by atoms with E-state index in [4.69, 9.17) is 4.74 Å². The van der Waals surface area contributed by atoms with Crippen LogP contribution in [0.4, 0.5) is 5.13 Å². The van der Waals surface area contributed by atoms with E-state index >= 15 is 0 Å². The number of halogens is 1. The summed E-state index contributed by atoms with van der Waals surface area (Å²) in [5.41, 5.74) is 5.99. The average molecular weight is 416 g/mol. The molecule has 4 nitrogen and oxygen atoms in total. The van der Waals surface area contributed by atoms with Crippen LogP contribution < -0.4 is 10.2 Å². The zero-order chi connectivity index (χ0) is 17.6. The predicted molar refractivity (Wildman–Crippen MR) is 109 cm³/mol. The number of rotatable bonds is 6. The van der Waals surface area contributed by atoms with E-state index in [1.165, 1.54) is 11.3 Å². The first-order valence-corrected chi connectivity index (χ1v) is 9.55. The lowest BCUT2D eigenvalue weighted by Gasteiger charge is -2.11. The van der Waals surface area contributed by atoms with Crippen molar-refractivity contribution in [3.05, 3.63) is 63.9 Å². The van der Waals surface area contributed by atoms with Crippen LogP contribution in [-0.2, 0) is 0 Å². The molecule has 3 aromatic rings. The van der Waals surface area contributed by atoms with E-state index in [0.29, 0.717) is 0 Å². The predicted octanol–water partition coefficient (Wildman–Crippen LogP) is 5.81. The van der Waals surface area contributed by atoms with Gasteiger partial charge in [-0.05, 0) is 53.5 Å². The van der Waals surface area contributed by atoms with Gasteiger partial charge in [0.15, 0.2) is 0 Å². The van der Waals surface area contributed by atoms with Gasteiger partial charge in [-0.25, -0.2) is 4.98 Å². The van der Waals surface area contributed by atoms with Crippen molar-refractivity contribution in [3.8, 4) is 17.0 Å². The van der Waals surface area contributed by atoms with E-state index in [-0.39, 0.29) is 6.10 Å². The van der Waals surface area contributed by atoms with E-state index in [1.807, 2.05) is 67.8 Å². The van der Waals surface area contributed by atoms with Crippen molar-refractivity contribution in [2.45, 2.75) is 20.0 Å². The maximum atomic E-state index is 5.70. The Morgan fingerprint density at radius 2 is 2.00 bits per heavy atom. The fourth-order valence-electron chi connectivity index (χ4n) is 2.18. The summed E-state index contributed by atoms with van der Waals surface area (Å²) in [6, 6.07) is 16.0. The maximum Gasteiger partial charge on any atom is 0.203 e. The van der Waals surface area contributed by atoms with Crippen LogP contribution in [0.25, 0.3) is 11.3 Å². The van der Waals surface area contributed by atoms with Crippen molar-refractivity contribution in [2.24, 2.45) is 5.10 Å². The summed E-state index contributed by atoms with van der Waals surface area (Å²) in [6.07, 6.45) is 1.90. The van der Waals surface area contributed by atoms with Gasteiger partial charge in [-0.3, -0.25) is 5.43 Å². The topological polar surface area (TPSA) is 46.5 Å². The largest absolute Gasteiger partial charge is 0.490 e. The molecule has 0 aliphatic heterocycles. The third kappa shape index (κ3) is 4.90. The van der Waals surface area contributed by atoms with Gasteiger partial charge in [-0.2, -0.15) is 5.10 Å². The number of hydrazone groups is 1. The van der Waals surface area contributed by atoms with Crippen molar-refractivity contribution in [3.63, 3.8) is 0 Å². The van der Waals surface area contributed by atoms with Crippen LogP contribution in [0.15, 0.2) is 63.5 Å². The minimum atomic E-state index is 0.140. The zero-order valence-electron chi connectivity index (χ0n) is 13.9. The first kappa shape index (κ1) is 17.6. The molecule has 0 saturated carbocycles. The lowest BCUT2D eigenvalue weighted by Crippen LogP contribution is -2.06. The highest BCUT2D eigenvalue weighted by atomic mass is 79.9. The summed E-state index contributed by atoms with van der Waals surface area (Å²) in [5, 5.41) is 7.04. The molecule has 0 fully saturated rings. The lowest BCUT2D eigenvalue weighted by atomic mass is 10.2. The molecule has 6 heteroatoms. The van der Waals surface area contributed by atoms with Crippen LogP contribution in [0.2, 0.25) is 0 Å². The van der Waals surface area contributed by atoms with Gasteiger partial charge in [0.05, 0.1) is 22.5 Å². The number of hydrogen-bond acceptors (Lipinski definition) is 5. The van der Waals surface area contributed by atoms with Gasteiger partial charge >= 0.3 is 0 Å². The Bertz CT molecular complexity index is 862. The molecule has 1 heterocycles. The van der Waals surface area contributed by atoms with E-state index < -0.39 is 0 Å². The molecule has 25 heavy (non-hydrogen) atoms. The molecule has 0 aliphatic rings. The molecular formula is C19H18BrN3OS. The fourth-order valence-corrected chi connectivity index (χ4v) is 3.33. The van der Waals surface area contributed by atoms with Gasteiger partial charge in [0.25, 0.3) is 0 Å². The van der Waals surface area contributed by atoms with E-state index in [9.17, 15) is 0 Å². The first-order valence-electron chi connectivity index (χ1n) is 7.88. The summed E-state index contributed by atoms with van der Waals surface area (Å²) in [6.45, 7) is 4.01. The molecule has 0 spiro atoms. The number of nitrogens with one attached hydrogen (secondary N) is 1. The van der Waals surface area contributed by atoms with E-state index in [2.05, 4.69) is 31.4 Å². The lowest BCUT2D eigenvalue weighted by molar-refractivity contribution is 0.241. The zero-order valence-corrected chi connectivity index (χ0v) is 16.3. The Morgan fingerprint density at radius 1 is 1.20 bits per heavy atom. The SMILES string of the molecule is CC(C)Oc1ccc(/C=N\Nc2nc(-c3ccccc3)cs2)cc1Br. The maximum absolute atomic E-state index is 5.70. The molecule has 0 amide bonds. The second kappa shape index (κ2) is 8.27. The number of nitrogens with zero attached hydrogens (tertiary/aromatic N) is 2. The molecule has 0 atom stereocenters. The molecular weight excluding hydrogens is 398 g/mol. The number of aromatic nitrogens is 1. The van der Waals surface area contributed by atoms with Crippen LogP contribution >= 0.6 is 27.3 Å². The van der Waals surface area contributed by atoms with E-state index in [0.717, 1.165) is 32.2 Å². The van der Waals surface area contributed by atoms with Crippen LogP contribution in [0.3, 0.4) is 0 Å². The van der Waals surface area contributed by atoms with Gasteiger partial charge in [0, 0.05) is 10.9 Å². The molecule has 128 valence electrons. The number of thiazole rings is 1. The number of ether oxygens (including phenoxy) is 1. The van der Waals surface area contributed by atoms with Gasteiger partial charge in [-0.1, -0.05) is 30.3 Å². The summed E-state index contributed by atoms with van der Waals surface area (Å²) in [7, 11) is 0. The Labute approximate surface area is 159 Å². The number of hydrogen-bond donors (Lipinski definition) is 1. The molecule has 0 aliphatic carbocycles. The minimum Gasteiger partial charge on any atom is -0.490 e. The monoisotopic (exact) mass is 415 g/mol. The second-order valence-electron chi connectivity index (χ2n) is 5.63. The van der Waals surface area contributed by atoms with Gasteiger partial charge < -0.3 is 4.74 Å². The Morgan fingerprint density at radius 3 is 2.72 bits per heavy atom. The van der Waals surface area contributed by atoms with Crippen LogP contribution in [0, 0.1) is 0 Å². The highest BCUT2D eigenvalue weighted by molar-refractivity contribution is 9.10. The first-order chi connectivity index (χ1) is 12.1. The Balaban J connectivity index is 1.64. The molecule has 0 bridgehead atoms. The molecule has 0 radical (unpaired) electrons. The normalized spacial score (nSPS) is 11.2. The van der Waals surface area contributed by atoms with Crippen LogP contribution in [0.5, 0.6) is 5.75 Å². The Kier molecular flexibility index (Phi) is 5.83. The average Bonchev–Trinajstić information content (AvgIpc) is 3.07. The molecule has 1 N–H and O–H groups in total. The van der Waals surface area contributed by atoms with Crippen LogP contribution in [-0.4, -0.2) is 17.3 Å². The molecule has 2 aromatic carbocycles. The smallest absolute Gasteiger partial charge is 0.203 e. The third-order valence-corrected chi connectivity index (χ3v) is 4.63. The summed E-state index contributed by atoms with van der Waals surface area (Å²) >= 11 is 5.05. The van der Waals surface area contributed by atoms with Gasteiger partial charge in [0.1, 0.15) is 5.75 Å². The Hall–Kier alpha value is -2.18. The molecule has 1 aromatic heterocycles. The van der Waals surface area contributed by atoms with Gasteiger partial charge in [0.2, 0.25) is 5.13 Å². The summed E-state index contributed by atoms with van der Waals surface area (Å²) in [4.78, 5) is 4.54. The number of benzene rings is 2. The standard InChI is InChI=1S/C19H18BrN3OS/c1-13(2)24-18-9-8-14(10-16(18)20)11-21-23-19-22-17(12-25-19)15-6-4-3-5-7-15/h3-13H,1-2H3,(H,22,23)/b21-11-. The van der Waals surface area contributed by atoms with Crippen molar-refractivity contribution >= 4 is 38.6 Å². The van der Waals surface area contributed by atoms with Crippen molar-refractivity contribution in [2.75, 3.05) is 5.43 Å². The highest BCUT2D eigenvalue weighted by Crippen LogP contribution is 2.27. The summed E-state index contributed by atoms with van der Waals surface area (Å²) < 4.78 is 6.61. The van der Waals surface area contributed by atoms with E-state index in [1.54, 1.807) is 6.21 Å². The number of anilines is 1. The van der Waals surface area contributed by atoms with Crippen molar-refractivity contribution < 1.29 is 4.74 Å². The van der Waals surface area contributed by atoms with Crippen molar-refractivity contribution in [1.82, 2.24) is 4.98 Å². The highest BCUT2D eigenvalue weighted by Gasteiger charge is 2.05. The molecule has 0 saturated heterocycles. The minimum absolute atomic E-state index is 0.140. The van der Waals surface area contributed by atoms with Crippen LogP contribution in [0.1, 0.15) is 19.4 Å². The fraction of sp³-hybridized carbons (Fsp3) is 0.158. The second-order valence-corrected chi connectivity index (χ2v) is 7.34. The molecule has 0 unspecified atom stereocenters. The third-order valence-electron chi connectivity index (χ3n) is 3.27. The molecule has 3 rings (SSSR count). The quantitative estimate of drug-likeness (QED) is 0.408. The van der Waals surface area contributed by atoms with Crippen molar-refractivity contribution in [1.29, 1.82) is 0 Å². The summed E-state index contributed by atoms with van der Waals surface area (Å²) in [5.74, 6) is 0.826.